The van der Waals surface area contributed by atoms with Crippen LogP contribution >= 0.6 is 0 Å². The van der Waals surface area contributed by atoms with Gasteiger partial charge in [0.25, 0.3) is 5.91 Å². The Balaban J connectivity index is 1.60. The molecule has 2 aromatic carbocycles. The van der Waals surface area contributed by atoms with E-state index < -0.39 is 0 Å². The highest BCUT2D eigenvalue weighted by Gasteiger charge is 2.20. The van der Waals surface area contributed by atoms with Crippen molar-refractivity contribution in [2.75, 3.05) is 18.9 Å². The molecule has 2 N–H and O–H groups in total. The van der Waals surface area contributed by atoms with Crippen LogP contribution in [-0.4, -0.2) is 24.0 Å². The van der Waals surface area contributed by atoms with Crippen molar-refractivity contribution >= 4 is 11.6 Å². The standard InChI is InChI=1S/C18H20N2O2/c1-13-6-7-16(10-17(13)19)22-12-18(21)20-9-8-14-4-2-3-5-15(14)11-20/h2-7,10H,8-9,11-12,19H2,1H3. The molecule has 0 saturated carbocycles. The van der Waals surface area contributed by atoms with E-state index >= 15 is 0 Å². The predicted molar refractivity (Wildman–Crippen MR) is 86.6 cm³/mol. The number of nitrogen functional groups attached to an aromatic ring is 1. The van der Waals surface area contributed by atoms with Gasteiger partial charge in [0.15, 0.2) is 6.61 Å². The highest BCUT2D eigenvalue weighted by Crippen LogP contribution is 2.20. The van der Waals surface area contributed by atoms with Crippen molar-refractivity contribution in [2.45, 2.75) is 19.9 Å². The minimum absolute atomic E-state index is 0.00801. The molecule has 0 radical (unpaired) electrons. The molecule has 1 amide bonds. The van der Waals surface area contributed by atoms with Crippen molar-refractivity contribution in [1.82, 2.24) is 4.90 Å². The summed E-state index contributed by atoms with van der Waals surface area (Å²) in [5, 5.41) is 0. The van der Waals surface area contributed by atoms with Gasteiger partial charge < -0.3 is 15.4 Å². The quantitative estimate of drug-likeness (QED) is 0.886. The SMILES string of the molecule is Cc1ccc(OCC(=O)N2CCc3ccccc3C2)cc1N. The summed E-state index contributed by atoms with van der Waals surface area (Å²) < 4.78 is 5.57. The van der Waals surface area contributed by atoms with Crippen molar-refractivity contribution in [2.24, 2.45) is 0 Å². The van der Waals surface area contributed by atoms with E-state index in [9.17, 15) is 4.79 Å². The fraction of sp³-hybridized carbons (Fsp3) is 0.278. The van der Waals surface area contributed by atoms with Crippen molar-refractivity contribution in [1.29, 1.82) is 0 Å². The maximum absolute atomic E-state index is 12.3. The van der Waals surface area contributed by atoms with Crippen molar-refractivity contribution in [3.8, 4) is 5.75 Å². The molecule has 22 heavy (non-hydrogen) atoms. The van der Waals surface area contributed by atoms with E-state index in [4.69, 9.17) is 10.5 Å². The molecule has 1 aliphatic rings. The fourth-order valence-electron chi connectivity index (χ4n) is 2.65. The molecule has 4 nitrogen and oxygen atoms in total. The van der Waals surface area contributed by atoms with Crippen LogP contribution < -0.4 is 10.5 Å². The highest BCUT2D eigenvalue weighted by atomic mass is 16.5. The van der Waals surface area contributed by atoms with Gasteiger partial charge >= 0.3 is 0 Å². The third-order valence-electron chi connectivity index (χ3n) is 4.10. The van der Waals surface area contributed by atoms with E-state index in [1.54, 1.807) is 6.07 Å². The summed E-state index contributed by atoms with van der Waals surface area (Å²) in [6, 6.07) is 13.8. The Morgan fingerprint density at radius 3 is 2.77 bits per heavy atom. The monoisotopic (exact) mass is 296 g/mol. The molecule has 2 aromatic rings. The second kappa shape index (κ2) is 6.10. The Bertz CT molecular complexity index is 697. The van der Waals surface area contributed by atoms with Crippen LogP contribution in [0.1, 0.15) is 16.7 Å². The number of aryl methyl sites for hydroxylation is 1. The first kappa shape index (κ1) is 14.4. The van der Waals surface area contributed by atoms with Crippen LogP contribution in [0, 0.1) is 6.92 Å². The topological polar surface area (TPSA) is 55.6 Å². The second-order valence-corrected chi connectivity index (χ2v) is 5.64. The average Bonchev–Trinajstić information content (AvgIpc) is 2.55. The first-order valence-corrected chi connectivity index (χ1v) is 7.47. The Kier molecular flexibility index (Phi) is 4.00. The summed E-state index contributed by atoms with van der Waals surface area (Å²) in [5.41, 5.74) is 10.1. The molecule has 0 fully saturated rings. The lowest BCUT2D eigenvalue weighted by atomic mass is 10.00. The van der Waals surface area contributed by atoms with Crippen LogP contribution in [0.3, 0.4) is 0 Å². The van der Waals surface area contributed by atoms with E-state index in [-0.39, 0.29) is 12.5 Å². The number of carbonyl (C=O) groups excluding carboxylic acids is 1. The first-order valence-electron chi connectivity index (χ1n) is 7.47. The van der Waals surface area contributed by atoms with Gasteiger partial charge in [-0.05, 0) is 36.1 Å². The number of amides is 1. The third kappa shape index (κ3) is 3.06. The Morgan fingerprint density at radius 2 is 2.00 bits per heavy atom. The van der Waals surface area contributed by atoms with E-state index in [1.807, 2.05) is 36.1 Å². The van der Waals surface area contributed by atoms with Gasteiger partial charge in [-0.1, -0.05) is 30.3 Å². The molecule has 0 aromatic heterocycles. The molecule has 1 aliphatic heterocycles. The zero-order chi connectivity index (χ0) is 15.5. The highest BCUT2D eigenvalue weighted by molar-refractivity contribution is 5.78. The number of fused-ring (bicyclic) bond motifs is 1. The van der Waals surface area contributed by atoms with Gasteiger partial charge in [-0.2, -0.15) is 0 Å². The first-order chi connectivity index (χ1) is 10.6. The predicted octanol–water partition coefficient (Wildman–Crippen LogP) is 2.54. The Hall–Kier alpha value is -2.49. The number of carbonyl (C=O) groups is 1. The number of anilines is 1. The van der Waals surface area contributed by atoms with Gasteiger partial charge in [-0.3, -0.25) is 4.79 Å². The third-order valence-corrected chi connectivity index (χ3v) is 4.10. The van der Waals surface area contributed by atoms with Gasteiger partial charge in [0, 0.05) is 24.8 Å². The lowest BCUT2D eigenvalue weighted by Gasteiger charge is -2.28. The summed E-state index contributed by atoms with van der Waals surface area (Å²) >= 11 is 0. The summed E-state index contributed by atoms with van der Waals surface area (Å²) in [6.45, 7) is 3.39. The minimum Gasteiger partial charge on any atom is -0.484 e. The maximum Gasteiger partial charge on any atom is 0.260 e. The molecule has 0 saturated heterocycles. The van der Waals surface area contributed by atoms with E-state index in [1.165, 1.54) is 11.1 Å². The number of benzene rings is 2. The van der Waals surface area contributed by atoms with Gasteiger partial charge in [0.05, 0.1) is 0 Å². The molecular formula is C18H20N2O2. The van der Waals surface area contributed by atoms with Crippen molar-refractivity contribution in [3.63, 3.8) is 0 Å². The smallest absolute Gasteiger partial charge is 0.260 e. The van der Waals surface area contributed by atoms with Crippen molar-refractivity contribution in [3.05, 3.63) is 59.2 Å². The molecule has 0 unspecified atom stereocenters. The summed E-state index contributed by atoms with van der Waals surface area (Å²) in [4.78, 5) is 14.1. The summed E-state index contributed by atoms with van der Waals surface area (Å²) in [6.07, 6.45) is 0.902. The summed E-state index contributed by atoms with van der Waals surface area (Å²) in [5.74, 6) is 0.641. The fourth-order valence-corrected chi connectivity index (χ4v) is 2.65. The van der Waals surface area contributed by atoms with Crippen LogP contribution in [-0.2, 0) is 17.8 Å². The van der Waals surface area contributed by atoms with Gasteiger partial charge in [-0.15, -0.1) is 0 Å². The normalized spacial score (nSPS) is 13.6. The molecule has 3 rings (SSSR count). The van der Waals surface area contributed by atoms with E-state index in [0.29, 0.717) is 18.0 Å². The van der Waals surface area contributed by atoms with Crippen LogP contribution in [0.4, 0.5) is 5.69 Å². The number of hydrogen-bond donors (Lipinski definition) is 1. The molecule has 114 valence electrons. The van der Waals surface area contributed by atoms with Crippen LogP contribution in [0.15, 0.2) is 42.5 Å². The lowest BCUT2D eigenvalue weighted by molar-refractivity contribution is -0.134. The van der Waals surface area contributed by atoms with Crippen LogP contribution in [0.5, 0.6) is 5.75 Å². The molecule has 0 spiro atoms. The molecule has 0 bridgehead atoms. The average molecular weight is 296 g/mol. The van der Waals surface area contributed by atoms with Gasteiger partial charge in [0.2, 0.25) is 0 Å². The molecule has 1 heterocycles. The zero-order valence-corrected chi connectivity index (χ0v) is 12.7. The number of nitrogens with zero attached hydrogens (tertiary/aromatic N) is 1. The number of ether oxygens (including phenoxy) is 1. The van der Waals surface area contributed by atoms with Crippen LogP contribution in [0.25, 0.3) is 0 Å². The molecule has 0 aliphatic carbocycles. The minimum atomic E-state index is 0.00801. The number of hydrogen-bond acceptors (Lipinski definition) is 3. The van der Waals surface area contributed by atoms with Crippen LogP contribution in [0.2, 0.25) is 0 Å². The zero-order valence-electron chi connectivity index (χ0n) is 12.7. The largest absolute Gasteiger partial charge is 0.484 e. The van der Waals surface area contributed by atoms with Gasteiger partial charge in [-0.25, -0.2) is 0 Å². The second-order valence-electron chi connectivity index (χ2n) is 5.64. The lowest BCUT2D eigenvalue weighted by Crippen LogP contribution is -2.38. The van der Waals surface area contributed by atoms with E-state index in [2.05, 4.69) is 12.1 Å². The molecule has 0 atom stereocenters. The number of rotatable bonds is 3. The Labute approximate surface area is 130 Å². The maximum atomic E-state index is 12.3. The van der Waals surface area contributed by atoms with Gasteiger partial charge in [0.1, 0.15) is 5.75 Å². The number of nitrogens with two attached hydrogens (primary N) is 1. The molecule has 4 heteroatoms. The van der Waals surface area contributed by atoms with E-state index in [0.717, 1.165) is 18.5 Å². The van der Waals surface area contributed by atoms with Crippen molar-refractivity contribution < 1.29 is 9.53 Å². The molecular weight excluding hydrogens is 276 g/mol. The summed E-state index contributed by atoms with van der Waals surface area (Å²) in [7, 11) is 0. The Morgan fingerprint density at radius 1 is 1.23 bits per heavy atom.